The van der Waals surface area contributed by atoms with Crippen LogP contribution in [0, 0.1) is 0 Å². The molecule has 4 nitrogen and oxygen atoms in total. The number of rotatable bonds is 2. The number of benzene rings is 3. The van der Waals surface area contributed by atoms with Gasteiger partial charge in [0.1, 0.15) is 5.75 Å². The molecule has 0 radical (unpaired) electrons. The number of fused-ring (bicyclic) bond motifs is 1. The van der Waals surface area contributed by atoms with Gasteiger partial charge in [0, 0.05) is 32.7 Å². The summed E-state index contributed by atoms with van der Waals surface area (Å²) in [5.41, 5.74) is 5.79. The largest absolute Gasteiger partial charge is 0.507 e. The molecule has 4 rings (SSSR count). The first kappa shape index (κ1) is 19.8. The highest BCUT2D eigenvalue weighted by Crippen LogP contribution is 2.42. The third-order valence-corrected chi connectivity index (χ3v) is 5.00. The highest BCUT2D eigenvalue weighted by atomic mass is 35.5. The van der Waals surface area contributed by atoms with E-state index in [1.165, 1.54) is 24.3 Å². The minimum absolute atomic E-state index is 0.0967. The number of anilines is 1. The summed E-state index contributed by atoms with van der Waals surface area (Å²) in [5, 5.41) is 10.8. The summed E-state index contributed by atoms with van der Waals surface area (Å²) in [4.78, 5) is 15.6. The Morgan fingerprint density at radius 2 is 1.63 bits per heavy atom. The molecule has 30 heavy (non-hydrogen) atoms. The van der Waals surface area contributed by atoms with Gasteiger partial charge in [-0.25, -0.2) is 0 Å². The zero-order valence-corrected chi connectivity index (χ0v) is 16.0. The summed E-state index contributed by atoms with van der Waals surface area (Å²) in [5.74, 6) is -0.222. The van der Waals surface area contributed by atoms with Crippen molar-refractivity contribution in [2.75, 3.05) is 5.73 Å². The van der Waals surface area contributed by atoms with E-state index in [1.807, 2.05) is 0 Å². The van der Waals surface area contributed by atoms with Crippen LogP contribution in [0.1, 0.15) is 5.56 Å². The van der Waals surface area contributed by atoms with Gasteiger partial charge in [-0.1, -0.05) is 23.7 Å². The van der Waals surface area contributed by atoms with Crippen molar-refractivity contribution in [2.24, 2.45) is 0 Å². The average molecular weight is 431 g/mol. The number of halogens is 4. The molecular formula is C22H14ClF3N2O2. The Kier molecular flexibility index (Phi) is 4.70. The van der Waals surface area contributed by atoms with E-state index in [0.717, 1.165) is 12.1 Å². The van der Waals surface area contributed by atoms with E-state index in [1.54, 1.807) is 24.3 Å². The molecule has 0 atom stereocenters. The first-order chi connectivity index (χ1) is 14.1. The third kappa shape index (κ3) is 3.48. The molecule has 1 heterocycles. The van der Waals surface area contributed by atoms with Crippen LogP contribution >= 0.6 is 11.6 Å². The molecule has 0 aliphatic rings. The molecule has 4 N–H and O–H groups in total. The summed E-state index contributed by atoms with van der Waals surface area (Å²) in [6.45, 7) is 0. The highest BCUT2D eigenvalue weighted by molar-refractivity contribution is 6.31. The number of aromatic nitrogens is 1. The van der Waals surface area contributed by atoms with Gasteiger partial charge in [-0.3, -0.25) is 4.79 Å². The minimum atomic E-state index is -4.58. The lowest BCUT2D eigenvalue weighted by molar-refractivity contribution is -0.137. The van der Waals surface area contributed by atoms with Gasteiger partial charge in [-0.2, -0.15) is 13.2 Å². The Labute approximate surface area is 173 Å². The minimum Gasteiger partial charge on any atom is -0.507 e. The summed E-state index contributed by atoms with van der Waals surface area (Å²) >= 11 is 6.09. The lowest BCUT2D eigenvalue weighted by atomic mass is 9.91. The molecule has 0 saturated heterocycles. The molecule has 0 saturated carbocycles. The monoisotopic (exact) mass is 430 g/mol. The van der Waals surface area contributed by atoms with Crippen molar-refractivity contribution >= 4 is 28.2 Å². The number of nitrogens with two attached hydrogens (primary N) is 1. The van der Waals surface area contributed by atoms with Crippen LogP contribution in [0.15, 0.2) is 65.5 Å². The Balaban J connectivity index is 2.19. The maximum atomic E-state index is 13.4. The molecule has 0 amide bonds. The number of alkyl halides is 3. The van der Waals surface area contributed by atoms with Crippen LogP contribution in [-0.4, -0.2) is 10.1 Å². The maximum Gasteiger partial charge on any atom is 0.416 e. The molecule has 0 fully saturated rings. The number of nitrogens with one attached hydrogen (secondary N) is 1. The number of phenolic OH excluding ortho intramolecular Hbond substituents is 1. The van der Waals surface area contributed by atoms with Gasteiger partial charge in [-0.15, -0.1) is 0 Å². The average Bonchev–Trinajstić information content (AvgIpc) is 2.69. The second-order valence-corrected chi connectivity index (χ2v) is 7.18. The summed E-state index contributed by atoms with van der Waals surface area (Å²) in [6.07, 6.45) is -4.58. The van der Waals surface area contributed by atoms with Crippen molar-refractivity contribution in [3.8, 4) is 28.0 Å². The number of hydrogen-bond acceptors (Lipinski definition) is 3. The van der Waals surface area contributed by atoms with Crippen LogP contribution in [0.2, 0.25) is 5.02 Å². The number of phenols is 1. The first-order valence-electron chi connectivity index (χ1n) is 8.77. The summed E-state index contributed by atoms with van der Waals surface area (Å²) in [6, 6.07) is 13.5. The van der Waals surface area contributed by atoms with Crippen LogP contribution in [0.25, 0.3) is 33.2 Å². The van der Waals surface area contributed by atoms with Crippen molar-refractivity contribution in [1.82, 2.24) is 4.98 Å². The van der Waals surface area contributed by atoms with Crippen molar-refractivity contribution in [3.05, 3.63) is 81.6 Å². The number of aromatic amines is 1. The number of hydrogen-bond donors (Lipinski definition) is 3. The third-order valence-electron chi connectivity index (χ3n) is 4.77. The standard InChI is InChI=1S/C22H14ClF3N2O2/c23-13-4-8-18(29)16(10-13)20-15-9-12(22(24,25)26)3-7-17(15)28-21(30)19(20)11-1-5-14(27)6-2-11/h1-10,29H,27H2,(H,28,30). The number of pyridine rings is 1. The predicted molar refractivity (Wildman–Crippen MR) is 112 cm³/mol. The first-order valence-corrected chi connectivity index (χ1v) is 9.15. The van der Waals surface area contributed by atoms with Crippen molar-refractivity contribution in [1.29, 1.82) is 0 Å². The van der Waals surface area contributed by atoms with Crippen LogP contribution < -0.4 is 11.3 Å². The second-order valence-electron chi connectivity index (χ2n) is 6.75. The van der Waals surface area contributed by atoms with Crippen LogP contribution in [0.3, 0.4) is 0 Å². The van der Waals surface area contributed by atoms with Gasteiger partial charge in [0.15, 0.2) is 0 Å². The Bertz CT molecular complexity index is 1330. The quantitative estimate of drug-likeness (QED) is 0.350. The topological polar surface area (TPSA) is 79.1 Å². The molecule has 3 aromatic carbocycles. The molecular weight excluding hydrogens is 417 g/mol. The lowest BCUT2D eigenvalue weighted by Crippen LogP contribution is -2.12. The van der Waals surface area contributed by atoms with E-state index in [2.05, 4.69) is 4.98 Å². The number of aromatic hydroxyl groups is 1. The molecule has 0 bridgehead atoms. The number of nitrogen functional groups attached to an aromatic ring is 1. The molecule has 0 aliphatic heterocycles. The van der Waals surface area contributed by atoms with E-state index in [4.69, 9.17) is 17.3 Å². The molecule has 0 spiro atoms. The fourth-order valence-electron chi connectivity index (χ4n) is 3.38. The Morgan fingerprint density at radius 1 is 0.933 bits per heavy atom. The van der Waals surface area contributed by atoms with Crippen LogP contribution in [-0.2, 0) is 6.18 Å². The fraction of sp³-hybridized carbons (Fsp3) is 0.0455. The zero-order chi connectivity index (χ0) is 21.6. The van der Waals surface area contributed by atoms with Crippen LogP contribution in [0.5, 0.6) is 5.75 Å². The predicted octanol–water partition coefficient (Wildman–Crippen LogP) is 5.82. The highest BCUT2D eigenvalue weighted by Gasteiger charge is 2.31. The second kappa shape index (κ2) is 7.11. The van der Waals surface area contributed by atoms with Gasteiger partial charge in [0.25, 0.3) is 5.56 Å². The number of H-pyrrole nitrogens is 1. The van der Waals surface area contributed by atoms with E-state index in [-0.39, 0.29) is 38.4 Å². The van der Waals surface area contributed by atoms with Gasteiger partial charge >= 0.3 is 6.18 Å². The smallest absolute Gasteiger partial charge is 0.416 e. The fourth-order valence-corrected chi connectivity index (χ4v) is 3.56. The van der Waals surface area contributed by atoms with E-state index in [9.17, 15) is 23.1 Å². The maximum absolute atomic E-state index is 13.4. The van der Waals surface area contributed by atoms with E-state index >= 15 is 0 Å². The zero-order valence-electron chi connectivity index (χ0n) is 15.2. The lowest BCUT2D eigenvalue weighted by Gasteiger charge is -2.16. The Hall–Kier alpha value is -3.45. The summed E-state index contributed by atoms with van der Waals surface area (Å²) in [7, 11) is 0. The molecule has 4 aromatic rings. The normalized spacial score (nSPS) is 11.7. The van der Waals surface area contributed by atoms with Gasteiger partial charge in [0.05, 0.1) is 11.1 Å². The van der Waals surface area contributed by atoms with E-state index < -0.39 is 17.3 Å². The molecule has 8 heteroatoms. The molecule has 0 unspecified atom stereocenters. The van der Waals surface area contributed by atoms with Crippen molar-refractivity contribution in [3.63, 3.8) is 0 Å². The SMILES string of the molecule is Nc1ccc(-c2c(-c3cc(Cl)ccc3O)c3cc(C(F)(F)F)ccc3[nH]c2=O)cc1. The van der Waals surface area contributed by atoms with Crippen molar-refractivity contribution < 1.29 is 18.3 Å². The van der Waals surface area contributed by atoms with Gasteiger partial charge < -0.3 is 15.8 Å². The Morgan fingerprint density at radius 3 is 2.30 bits per heavy atom. The summed E-state index contributed by atoms with van der Waals surface area (Å²) < 4.78 is 40.2. The van der Waals surface area contributed by atoms with E-state index in [0.29, 0.717) is 11.3 Å². The van der Waals surface area contributed by atoms with Gasteiger partial charge in [0.2, 0.25) is 0 Å². The van der Waals surface area contributed by atoms with Crippen molar-refractivity contribution in [2.45, 2.75) is 6.18 Å². The van der Waals surface area contributed by atoms with Gasteiger partial charge in [-0.05, 0) is 54.1 Å². The molecule has 152 valence electrons. The molecule has 0 aliphatic carbocycles. The van der Waals surface area contributed by atoms with Crippen LogP contribution in [0.4, 0.5) is 18.9 Å². The molecule has 1 aromatic heterocycles.